The van der Waals surface area contributed by atoms with E-state index in [9.17, 15) is 13.2 Å². The van der Waals surface area contributed by atoms with Crippen molar-refractivity contribution >= 4 is 38.9 Å². The quantitative estimate of drug-likeness (QED) is 0.373. The molecule has 0 unspecified atom stereocenters. The van der Waals surface area contributed by atoms with Crippen molar-refractivity contribution in [2.24, 2.45) is 0 Å². The van der Waals surface area contributed by atoms with Gasteiger partial charge in [-0.25, -0.2) is 0 Å². The summed E-state index contributed by atoms with van der Waals surface area (Å²) in [4.78, 5) is 2.12. The number of fused-ring (bicyclic) bond motifs is 2. The largest absolute Gasteiger partial charge is 0.412 e. The summed E-state index contributed by atoms with van der Waals surface area (Å²) >= 11 is 5.42. The van der Waals surface area contributed by atoms with Crippen molar-refractivity contribution < 1.29 is 13.2 Å². The number of nitrogens with zero attached hydrogens (tertiary/aromatic N) is 1. The molecule has 170 valence electrons. The van der Waals surface area contributed by atoms with Crippen molar-refractivity contribution in [2.45, 2.75) is 50.0 Å². The van der Waals surface area contributed by atoms with Crippen LogP contribution in [0.3, 0.4) is 0 Å². The third kappa shape index (κ3) is 4.69. The first-order chi connectivity index (χ1) is 15.3. The zero-order valence-electron chi connectivity index (χ0n) is 18.2. The summed E-state index contributed by atoms with van der Waals surface area (Å²) in [5, 5.41) is 8.58. The van der Waals surface area contributed by atoms with Crippen LogP contribution in [0.5, 0.6) is 0 Å². The third-order valence-electron chi connectivity index (χ3n) is 6.41. The summed E-state index contributed by atoms with van der Waals surface area (Å²) in [7, 11) is 4.00. The van der Waals surface area contributed by atoms with Gasteiger partial charge in [0.25, 0.3) is 0 Å². The summed E-state index contributed by atoms with van der Waals surface area (Å²) < 4.78 is 43.3. The van der Waals surface area contributed by atoms with Gasteiger partial charge in [-0.05, 0) is 72.3 Å². The standard InChI is InChI=1S/C25H28F3N3S/c1-31(2)21-14-8-7-13-20(21)29-24(32)30-23(25(26,27)28)22-18-11-5-3-9-16(18)15-17-10-4-6-12-19(17)22/h3-6,9-12,15,20-21,23H,7-8,13-14H2,1-2H3,(H2,29,30,32)/t20-,21-,23-/m1/s1. The monoisotopic (exact) mass is 459 g/mol. The number of rotatable bonds is 4. The first kappa shape index (κ1) is 22.8. The van der Waals surface area contributed by atoms with Gasteiger partial charge in [-0.1, -0.05) is 61.4 Å². The topological polar surface area (TPSA) is 27.3 Å². The Morgan fingerprint density at radius 1 is 0.969 bits per heavy atom. The van der Waals surface area contributed by atoms with E-state index in [1.807, 2.05) is 44.4 Å². The summed E-state index contributed by atoms with van der Waals surface area (Å²) in [6.07, 6.45) is -0.468. The molecule has 0 saturated heterocycles. The first-order valence-electron chi connectivity index (χ1n) is 11.0. The molecule has 1 aliphatic carbocycles. The molecular formula is C25H28F3N3S. The van der Waals surface area contributed by atoms with Gasteiger partial charge in [-0.3, -0.25) is 0 Å². The van der Waals surface area contributed by atoms with Crippen molar-refractivity contribution in [1.29, 1.82) is 0 Å². The zero-order chi connectivity index (χ0) is 22.9. The van der Waals surface area contributed by atoms with Gasteiger partial charge in [0, 0.05) is 12.1 Å². The third-order valence-corrected chi connectivity index (χ3v) is 6.65. The maximum atomic E-state index is 14.4. The molecule has 0 radical (unpaired) electrons. The highest BCUT2D eigenvalue weighted by Gasteiger charge is 2.43. The number of thiocarbonyl (C=S) groups is 1. The van der Waals surface area contributed by atoms with E-state index in [4.69, 9.17) is 12.2 Å². The molecular weight excluding hydrogens is 431 g/mol. The molecule has 3 nitrogen and oxygen atoms in total. The summed E-state index contributed by atoms with van der Waals surface area (Å²) in [6, 6.07) is 14.7. The van der Waals surface area contributed by atoms with Crippen LogP contribution in [0.25, 0.3) is 21.5 Å². The highest BCUT2D eigenvalue weighted by Crippen LogP contribution is 2.40. The molecule has 3 aromatic rings. The Morgan fingerprint density at radius 3 is 2.09 bits per heavy atom. The highest BCUT2D eigenvalue weighted by atomic mass is 32.1. The number of alkyl halides is 3. The molecule has 0 spiro atoms. The van der Waals surface area contributed by atoms with Crippen LogP contribution in [0.1, 0.15) is 37.3 Å². The molecule has 1 aliphatic rings. The average molecular weight is 460 g/mol. The number of hydrogen-bond donors (Lipinski definition) is 2. The highest BCUT2D eigenvalue weighted by molar-refractivity contribution is 7.80. The van der Waals surface area contributed by atoms with E-state index in [1.54, 1.807) is 24.3 Å². The van der Waals surface area contributed by atoms with E-state index in [0.717, 1.165) is 36.5 Å². The van der Waals surface area contributed by atoms with Gasteiger partial charge in [0.15, 0.2) is 11.2 Å². The van der Waals surface area contributed by atoms with E-state index in [1.165, 1.54) is 0 Å². The van der Waals surface area contributed by atoms with Crippen molar-refractivity contribution in [3.05, 3.63) is 60.2 Å². The second-order valence-corrected chi connectivity index (χ2v) is 9.16. The molecule has 3 atom stereocenters. The van der Waals surface area contributed by atoms with Crippen molar-refractivity contribution in [1.82, 2.24) is 15.5 Å². The molecule has 0 heterocycles. The van der Waals surface area contributed by atoms with Gasteiger partial charge in [0.2, 0.25) is 0 Å². The summed E-state index contributed by atoms with van der Waals surface area (Å²) in [5.41, 5.74) is 0.211. The maximum Gasteiger partial charge on any atom is 0.412 e. The molecule has 0 aromatic heterocycles. The molecule has 4 rings (SSSR count). The zero-order valence-corrected chi connectivity index (χ0v) is 19.1. The van der Waals surface area contributed by atoms with Crippen LogP contribution >= 0.6 is 12.2 Å². The second kappa shape index (κ2) is 9.24. The molecule has 1 saturated carbocycles. The number of halogens is 3. The molecule has 1 fully saturated rings. The Kier molecular flexibility index (Phi) is 6.58. The predicted octanol–water partition coefficient (Wildman–Crippen LogP) is 5.93. The molecule has 0 amide bonds. The first-order valence-corrected chi connectivity index (χ1v) is 11.4. The smallest absolute Gasteiger partial charge is 0.358 e. The summed E-state index contributed by atoms with van der Waals surface area (Å²) in [5.74, 6) is 0. The van der Waals surface area contributed by atoms with Crippen LogP contribution in [0.2, 0.25) is 0 Å². The number of nitrogens with one attached hydrogen (secondary N) is 2. The fraction of sp³-hybridized carbons (Fsp3) is 0.400. The van der Waals surface area contributed by atoms with Crippen LogP contribution in [0.15, 0.2) is 54.6 Å². The van der Waals surface area contributed by atoms with Crippen molar-refractivity contribution in [3.63, 3.8) is 0 Å². The van der Waals surface area contributed by atoms with E-state index >= 15 is 0 Å². The van der Waals surface area contributed by atoms with E-state index < -0.39 is 12.2 Å². The van der Waals surface area contributed by atoms with E-state index in [0.29, 0.717) is 10.8 Å². The van der Waals surface area contributed by atoms with Gasteiger partial charge in [-0.15, -0.1) is 0 Å². The Labute approximate surface area is 192 Å². The lowest BCUT2D eigenvalue weighted by Gasteiger charge is -2.37. The molecule has 0 aliphatic heterocycles. The Balaban J connectivity index is 1.72. The molecule has 32 heavy (non-hydrogen) atoms. The van der Waals surface area contributed by atoms with Gasteiger partial charge < -0.3 is 15.5 Å². The lowest BCUT2D eigenvalue weighted by molar-refractivity contribution is -0.153. The van der Waals surface area contributed by atoms with Crippen molar-refractivity contribution in [2.75, 3.05) is 14.1 Å². The second-order valence-electron chi connectivity index (χ2n) is 8.75. The van der Waals surface area contributed by atoms with Crippen LogP contribution in [0, 0.1) is 0 Å². The molecule has 3 aromatic carbocycles. The fourth-order valence-electron chi connectivity index (χ4n) is 4.92. The van der Waals surface area contributed by atoms with Crippen LogP contribution in [0.4, 0.5) is 13.2 Å². The molecule has 2 N–H and O–H groups in total. The lowest BCUT2D eigenvalue weighted by Crippen LogP contribution is -2.54. The maximum absolute atomic E-state index is 14.4. The lowest BCUT2D eigenvalue weighted by atomic mass is 9.89. The number of likely N-dealkylation sites (N-methyl/N-ethyl adjacent to an activating group) is 1. The predicted molar refractivity (Wildman–Crippen MR) is 129 cm³/mol. The Morgan fingerprint density at radius 2 is 1.53 bits per heavy atom. The van der Waals surface area contributed by atoms with Gasteiger partial charge >= 0.3 is 6.18 Å². The van der Waals surface area contributed by atoms with Gasteiger partial charge in [0.1, 0.15) is 0 Å². The Bertz CT molecular complexity index is 1060. The number of benzene rings is 3. The van der Waals surface area contributed by atoms with Crippen LogP contribution in [-0.2, 0) is 0 Å². The minimum atomic E-state index is -4.52. The van der Waals surface area contributed by atoms with E-state index in [2.05, 4.69) is 15.5 Å². The van der Waals surface area contributed by atoms with Gasteiger partial charge in [-0.2, -0.15) is 13.2 Å². The minimum absolute atomic E-state index is 0.0249. The molecule has 0 bridgehead atoms. The SMILES string of the molecule is CN(C)[C@@H]1CCCC[C@H]1NC(=S)N[C@H](c1c2ccccc2cc2ccccc12)C(F)(F)F. The van der Waals surface area contributed by atoms with Crippen LogP contribution < -0.4 is 10.6 Å². The summed E-state index contributed by atoms with van der Waals surface area (Å²) in [6.45, 7) is 0. The normalized spacial score (nSPS) is 20.4. The van der Waals surface area contributed by atoms with Gasteiger partial charge in [0.05, 0.1) is 0 Å². The van der Waals surface area contributed by atoms with Crippen molar-refractivity contribution in [3.8, 4) is 0 Å². The minimum Gasteiger partial charge on any atom is -0.358 e. The average Bonchev–Trinajstić information content (AvgIpc) is 2.75. The fourth-order valence-corrected chi connectivity index (χ4v) is 5.19. The Hall–Kier alpha value is -2.38. The molecule has 7 heteroatoms. The van der Waals surface area contributed by atoms with E-state index in [-0.39, 0.29) is 22.8 Å². The van der Waals surface area contributed by atoms with Crippen LogP contribution in [-0.4, -0.2) is 42.4 Å². The number of hydrogen-bond acceptors (Lipinski definition) is 2.